The fourth-order valence-electron chi connectivity index (χ4n) is 1.98. The van der Waals surface area contributed by atoms with Crippen molar-refractivity contribution < 1.29 is 0 Å². The molecule has 1 N–H and O–H groups in total. The molecule has 0 bridgehead atoms. The molecule has 76 valence electrons. The van der Waals surface area contributed by atoms with Gasteiger partial charge in [-0.15, -0.1) is 0 Å². The van der Waals surface area contributed by atoms with Gasteiger partial charge in [-0.2, -0.15) is 0 Å². The van der Waals surface area contributed by atoms with Crippen LogP contribution in [0.4, 0.5) is 5.69 Å². The van der Waals surface area contributed by atoms with Crippen molar-refractivity contribution in [3.05, 3.63) is 23.5 Å². The molecule has 2 heteroatoms. The zero-order valence-electron chi connectivity index (χ0n) is 9.17. The first-order chi connectivity index (χ1) is 6.68. The lowest BCUT2D eigenvalue weighted by molar-refractivity contribution is 0.303. The van der Waals surface area contributed by atoms with Crippen LogP contribution in [-0.4, -0.2) is 11.0 Å². The number of nitrogens with one attached hydrogen (secondary N) is 1. The summed E-state index contributed by atoms with van der Waals surface area (Å²) in [7, 11) is 0. The molecule has 1 heterocycles. The maximum absolute atomic E-state index is 4.31. The standard InChI is InChI=1S/C12H18N2/c1-8-4-5-11(8)14-12-9(2)6-7-13-10(12)3/h6-8,11,14H,4-5H2,1-3H3. The normalized spacial score (nSPS) is 25.6. The fourth-order valence-corrected chi connectivity index (χ4v) is 1.98. The smallest absolute Gasteiger partial charge is 0.0606 e. The third kappa shape index (κ3) is 1.61. The van der Waals surface area contributed by atoms with Crippen LogP contribution in [0.25, 0.3) is 0 Å². The van der Waals surface area contributed by atoms with Crippen LogP contribution in [0.1, 0.15) is 31.0 Å². The highest BCUT2D eigenvalue weighted by Crippen LogP contribution is 2.31. The highest BCUT2D eigenvalue weighted by atomic mass is 15.0. The summed E-state index contributed by atoms with van der Waals surface area (Å²) in [6, 6.07) is 2.73. The van der Waals surface area contributed by atoms with E-state index in [-0.39, 0.29) is 0 Å². The van der Waals surface area contributed by atoms with Crippen molar-refractivity contribution in [1.29, 1.82) is 0 Å². The van der Waals surface area contributed by atoms with E-state index < -0.39 is 0 Å². The molecule has 0 radical (unpaired) electrons. The van der Waals surface area contributed by atoms with Gasteiger partial charge in [0.05, 0.1) is 11.4 Å². The van der Waals surface area contributed by atoms with E-state index in [0.717, 1.165) is 11.6 Å². The molecule has 2 unspecified atom stereocenters. The number of hydrogen-bond donors (Lipinski definition) is 1. The van der Waals surface area contributed by atoms with E-state index in [1.165, 1.54) is 24.1 Å². The van der Waals surface area contributed by atoms with Crippen molar-refractivity contribution in [1.82, 2.24) is 4.98 Å². The number of aryl methyl sites for hydroxylation is 2. The molecular weight excluding hydrogens is 172 g/mol. The Balaban J connectivity index is 2.15. The molecule has 0 spiro atoms. The van der Waals surface area contributed by atoms with Gasteiger partial charge in [-0.25, -0.2) is 0 Å². The maximum atomic E-state index is 4.31. The summed E-state index contributed by atoms with van der Waals surface area (Å²) in [6.07, 6.45) is 4.53. The molecular formula is C12H18N2. The molecule has 0 saturated heterocycles. The number of nitrogens with zero attached hydrogens (tertiary/aromatic N) is 1. The van der Waals surface area contributed by atoms with E-state index in [1.807, 2.05) is 6.20 Å². The van der Waals surface area contributed by atoms with Crippen molar-refractivity contribution in [2.24, 2.45) is 5.92 Å². The largest absolute Gasteiger partial charge is 0.380 e. The molecule has 1 aliphatic rings. The molecule has 1 aromatic rings. The summed E-state index contributed by atoms with van der Waals surface area (Å²) in [5, 5.41) is 3.60. The highest BCUT2D eigenvalue weighted by molar-refractivity contribution is 5.54. The van der Waals surface area contributed by atoms with Crippen molar-refractivity contribution in [3.63, 3.8) is 0 Å². The van der Waals surface area contributed by atoms with Gasteiger partial charge in [0.1, 0.15) is 0 Å². The van der Waals surface area contributed by atoms with E-state index in [4.69, 9.17) is 0 Å². The van der Waals surface area contributed by atoms with Gasteiger partial charge in [0.15, 0.2) is 0 Å². The maximum Gasteiger partial charge on any atom is 0.0606 e. The minimum Gasteiger partial charge on any atom is -0.380 e. The summed E-state index contributed by atoms with van der Waals surface area (Å²) in [6.45, 7) is 6.52. The molecule has 1 fully saturated rings. The lowest BCUT2D eigenvalue weighted by Crippen LogP contribution is -2.36. The second-order valence-electron chi connectivity index (χ2n) is 4.39. The van der Waals surface area contributed by atoms with E-state index in [0.29, 0.717) is 6.04 Å². The zero-order chi connectivity index (χ0) is 10.1. The second kappa shape index (κ2) is 3.60. The molecule has 1 aliphatic carbocycles. The van der Waals surface area contributed by atoms with E-state index in [9.17, 15) is 0 Å². The first-order valence-electron chi connectivity index (χ1n) is 5.37. The van der Waals surface area contributed by atoms with Gasteiger partial charge in [0.2, 0.25) is 0 Å². The average molecular weight is 190 g/mol. The lowest BCUT2D eigenvalue weighted by Gasteiger charge is -2.36. The number of aromatic nitrogens is 1. The van der Waals surface area contributed by atoms with E-state index >= 15 is 0 Å². The Bertz CT molecular complexity index is 313. The summed E-state index contributed by atoms with van der Waals surface area (Å²) in [5.74, 6) is 0.814. The summed E-state index contributed by atoms with van der Waals surface area (Å²) in [4.78, 5) is 4.31. The van der Waals surface area contributed by atoms with Crippen molar-refractivity contribution in [2.75, 3.05) is 5.32 Å². The van der Waals surface area contributed by atoms with Crippen LogP contribution in [0.5, 0.6) is 0 Å². The molecule has 0 aromatic carbocycles. The summed E-state index contributed by atoms with van der Waals surface area (Å²) >= 11 is 0. The quantitative estimate of drug-likeness (QED) is 0.775. The molecule has 2 nitrogen and oxygen atoms in total. The van der Waals surface area contributed by atoms with Gasteiger partial charge in [0.25, 0.3) is 0 Å². The molecule has 14 heavy (non-hydrogen) atoms. The Morgan fingerprint density at radius 1 is 1.36 bits per heavy atom. The molecule has 1 aromatic heterocycles. The Morgan fingerprint density at radius 2 is 2.14 bits per heavy atom. The highest BCUT2D eigenvalue weighted by Gasteiger charge is 2.27. The molecule has 0 aliphatic heterocycles. The Kier molecular flexibility index (Phi) is 2.44. The zero-order valence-corrected chi connectivity index (χ0v) is 9.17. The second-order valence-corrected chi connectivity index (χ2v) is 4.39. The predicted octanol–water partition coefficient (Wildman–Crippen LogP) is 2.91. The van der Waals surface area contributed by atoms with Gasteiger partial charge < -0.3 is 5.32 Å². The topological polar surface area (TPSA) is 24.9 Å². The van der Waals surface area contributed by atoms with E-state index in [2.05, 4.69) is 37.1 Å². The van der Waals surface area contributed by atoms with Gasteiger partial charge >= 0.3 is 0 Å². The van der Waals surface area contributed by atoms with Gasteiger partial charge in [-0.3, -0.25) is 4.98 Å². The third-order valence-electron chi connectivity index (χ3n) is 3.30. The molecule has 1 saturated carbocycles. The Morgan fingerprint density at radius 3 is 2.64 bits per heavy atom. The average Bonchev–Trinajstić information content (AvgIpc) is 2.15. The molecule has 2 atom stereocenters. The lowest BCUT2D eigenvalue weighted by atomic mass is 9.81. The first-order valence-corrected chi connectivity index (χ1v) is 5.37. The first kappa shape index (κ1) is 9.50. The van der Waals surface area contributed by atoms with Crippen LogP contribution in [0.2, 0.25) is 0 Å². The third-order valence-corrected chi connectivity index (χ3v) is 3.30. The molecule has 2 rings (SSSR count). The van der Waals surface area contributed by atoms with Crippen LogP contribution in [0.15, 0.2) is 12.3 Å². The van der Waals surface area contributed by atoms with Gasteiger partial charge in [-0.1, -0.05) is 6.92 Å². The van der Waals surface area contributed by atoms with Crippen molar-refractivity contribution >= 4 is 5.69 Å². The summed E-state index contributed by atoms with van der Waals surface area (Å²) in [5.41, 5.74) is 3.66. The monoisotopic (exact) mass is 190 g/mol. The minimum absolute atomic E-state index is 0.664. The number of hydrogen-bond acceptors (Lipinski definition) is 2. The molecule has 0 amide bonds. The Hall–Kier alpha value is -1.05. The van der Waals surface area contributed by atoms with Crippen LogP contribution in [0, 0.1) is 19.8 Å². The van der Waals surface area contributed by atoms with Crippen molar-refractivity contribution in [3.8, 4) is 0 Å². The number of pyridine rings is 1. The minimum atomic E-state index is 0.664. The number of anilines is 1. The predicted molar refractivity (Wildman–Crippen MR) is 59.5 cm³/mol. The van der Waals surface area contributed by atoms with Gasteiger partial charge in [-0.05, 0) is 44.2 Å². The number of rotatable bonds is 2. The van der Waals surface area contributed by atoms with Crippen LogP contribution in [0.3, 0.4) is 0 Å². The van der Waals surface area contributed by atoms with Crippen LogP contribution < -0.4 is 5.32 Å². The van der Waals surface area contributed by atoms with Crippen LogP contribution in [-0.2, 0) is 0 Å². The summed E-state index contributed by atoms with van der Waals surface area (Å²) < 4.78 is 0. The Labute approximate surface area is 85.7 Å². The SMILES string of the molecule is Cc1ccnc(C)c1NC1CCC1C. The van der Waals surface area contributed by atoms with Gasteiger partial charge in [0, 0.05) is 12.2 Å². The van der Waals surface area contributed by atoms with E-state index in [1.54, 1.807) is 0 Å². The van der Waals surface area contributed by atoms with Crippen molar-refractivity contribution in [2.45, 2.75) is 39.7 Å². The fraction of sp³-hybridized carbons (Fsp3) is 0.583. The van der Waals surface area contributed by atoms with Crippen LogP contribution >= 0.6 is 0 Å².